The molecule has 1 saturated carbocycles. The van der Waals surface area contributed by atoms with E-state index in [0.29, 0.717) is 19.3 Å². The predicted molar refractivity (Wildman–Crippen MR) is 65.1 cm³/mol. The van der Waals surface area contributed by atoms with Crippen LogP contribution in [0.4, 0.5) is 4.39 Å². The summed E-state index contributed by atoms with van der Waals surface area (Å²) in [4.78, 5) is 21.9. The largest absolute Gasteiger partial charge is 0.481 e. The van der Waals surface area contributed by atoms with Gasteiger partial charge in [0.1, 0.15) is 5.82 Å². The Labute approximate surface area is 109 Å². The summed E-state index contributed by atoms with van der Waals surface area (Å²) in [6.45, 7) is 0. The van der Waals surface area contributed by atoms with Gasteiger partial charge in [-0.15, -0.1) is 0 Å². The van der Waals surface area contributed by atoms with E-state index in [9.17, 15) is 14.0 Å². The molecule has 0 heterocycles. The van der Waals surface area contributed by atoms with E-state index in [1.54, 1.807) is 12.1 Å². The van der Waals surface area contributed by atoms with Crippen molar-refractivity contribution < 1.29 is 24.2 Å². The molecule has 2 rings (SSSR count). The zero-order valence-corrected chi connectivity index (χ0v) is 10.3. The molecule has 1 aliphatic carbocycles. The molecule has 2 N–H and O–H groups in total. The predicted octanol–water partition coefficient (Wildman–Crippen LogP) is 2.18. The highest BCUT2D eigenvalue weighted by Gasteiger charge is 2.50. The van der Waals surface area contributed by atoms with Gasteiger partial charge in [-0.2, -0.15) is 0 Å². The second kappa shape index (κ2) is 5.38. The first-order chi connectivity index (χ1) is 8.99. The van der Waals surface area contributed by atoms with Crippen LogP contribution in [-0.4, -0.2) is 22.2 Å². The maximum Gasteiger partial charge on any atom is 0.306 e. The van der Waals surface area contributed by atoms with E-state index in [-0.39, 0.29) is 11.7 Å². The molecule has 3 unspecified atom stereocenters. The van der Waals surface area contributed by atoms with Crippen LogP contribution in [-0.2, 0) is 16.0 Å². The van der Waals surface area contributed by atoms with Crippen LogP contribution in [0, 0.1) is 23.6 Å². The van der Waals surface area contributed by atoms with Crippen molar-refractivity contribution in [3.8, 4) is 0 Å². The molecule has 0 aliphatic heterocycles. The molecule has 0 radical (unpaired) electrons. The first-order valence-corrected chi connectivity index (χ1v) is 6.19. The van der Waals surface area contributed by atoms with Crippen LogP contribution in [0.1, 0.15) is 18.4 Å². The van der Waals surface area contributed by atoms with Gasteiger partial charge < -0.3 is 10.2 Å². The quantitative estimate of drug-likeness (QED) is 0.827. The summed E-state index contributed by atoms with van der Waals surface area (Å²) in [6.07, 6.45) is 1.34. The molecule has 3 atom stereocenters. The molecule has 1 aliphatic rings. The molecule has 1 aromatic carbocycles. The van der Waals surface area contributed by atoms with E-state index < -0.39 is 23.8 Å². The lowest BCUT2D eigenvalue weighted by atomic mass is 9.94. The Morgan fingerprint density at radius 3 is 2.37 bits per heavy atom. The Hall–Kier alpha value is -1.91. The number of hydrogen-bond donors (Lipinski definition) is 2. The number of rotatable bonds is 6. The zero-order valence-electron chi connectivity index (χ0n) is 10.3. The van der Waals surface area contributed by atoms with Gasteiger partial charge in [0.2, 0.25) is 0 Å². The standard InChI is InChI=1S/C14H15FO4/c15-9-4-1-8(2-5-9)3-6-10(13(16)17)11-7-12(11)14(18)19/h1-2,4-5,10-12H,3,6-7H2,(H,16,17)(H,18,19). The Kier molecular flexibility index (Phi) is 3.83. The summed E-state index contributed by atoms with van der Waals surface area (Å²) in [5, 5.41) is 18.0. The van der Waals surface area contributed by atoms with Gasteiger partial charge >= 0.3 is 11.9 Å². The fourth-order valence-electron chi connectivity index (χ4n) is 2.44. The third kappa shape index (κ3) is 3.30. The lowest BCUT2D eigenvalue weighted by molar-refractivity contribution is -0.143. The van der Waals surface area contributed by atoms with E-state index in [0.717, 1.165) is 5.56 Å². The lowest BCUT2D eigenvalue weighted by Gasteiger charge is -2.11. The van der Waals surface area contributed by atoms with Crippen LogP contribution in [0.3, 0.4) is 0 Å². The number of benzene rings is 1. The summed E-state index contributed by atoms with van der Waals surface area (Å²) in [5.74, 6) is -3.61. The molecule has 102 valence electrons. The van der Waals surface area contributed by atoms with Gasteiger partial charge in [-0.1, -0.05) is 12.1 Å². The summed E-state index contributed by atoms with van der Waals surface area (Å²) < 4.78 is 12.7. The number of halogens is 1. The minimum atomic E-state index is -0.948. The van der Waals surface area contributed by atoms with Crippen molar-refractivity contribution in [2.75, 3.05) is 0 Å². The number of carboxylic acid groups (broad SMARTS) is 2. The van der Waals surface area contributed by atoms with E-state index in [2.05, 4.69) is 0 Å². The van der Waals surface area contributed by atoms with Crippen molar-refractivity contribution in [2.45, 2.75) is 19.3 Å². The van der Waals surface area contributed by atoms with Crippen LogP contribution < -0.4 is 0 Å². The fourth-order valence-corrected chi connectivity index (χ4v) is 2.44. The van der Waals surface area contributed by atoms with Gasteiger partial charge in [-0.25, -0.2) is 4.39 Å². The number of aliphatic carboxylic acids is 2. The summed E-state index contributed by atoms with van der Waals surface area (Å²) >= 11 is 0. The van der Waals surface area contributed by atoms with Gasteiger partial charge in [-0.3, -0.25) is 9.59 Å². The van der Waals surface area contributed by atoms with Crippen molar-refractivity contribution in [3.63, 3.8) is 0 Å². The topological polar surface area (TPSA) is 74.6 Å². The molecule has 1 aromatic rings. The minimum Gasteiger partial charge on any atom is -0.481 e. The van der Waals surface area contributed by atoms with Crippen molar-refractivity contribution >= 4 is 11.9 Å². The van der Waals surface area contributed by atoms with Crippen molar-refractivity contribution in [2.24, 2.45) is 17.8 Å². The maximum absolute atomic E-state index is 12.7. The average Bonchev–Trinajstić information content (AvgIpc) is 3.11. The average molecular weight is 266 g/mol. The second-order valence-electron chi connectivity index (χ2n) is 4.95. The van der Waals surface area contributed by atoms with Crippen molar-refractivity contribution in [1.29, 1.82) is 0 Å². The second-order valence-corrected chi connectivity index (χ2v) is 4.95. The molecule has 5 heteroatoms. The molecular formula is C14H15FO4. The van der Waals surface area contributed by atoms with Crippen LogP contribution in [0.25, 0.3) is 0 Å². The first kappa shape index (κ1) is 13.5. The lowest BCUT2D eigenvalue weighted by Crippen LogP contribution is -2.19. The minimum absolute atomic E-state index is 0.268. The van der Waals surface area contributed by atoms with Gasteiger partial charge in [0, 0.05) is 0 Å². The van der Waals surface area contributed by atoms with Gasteiger partial charge in [0.05, 0.1) is 11.8 Å². The van der Waals surface area contributed by atoms with E-state index in [1.807, 2.05) is 0 Å². The molecule has 1 fully saturated rings. The molecule has 19 heavy (non-hydrogen) atoms. The Bertz CT molecular complexity index is 483. The molecule has 0 amide bonds. The third-order valence-electron chi connectivity index (χ3n) is 3.65. The van der Waals surface area contributed by atoms with E-state index in [1.165, 1.54) is 12.1 Å². The summed E-state index contributed by atoms with van der Waals surface area (Å²) in [5.41, 5.74) is 0.861. The zero-order chi connectivity index (χ0) is 14.0. The molecule has 0 spiro atoms. The molecule has 0 aromatic heterocycles. The van der Waals surface area contributed by atoms with Crippen molar-refractivity contribution in [1.82, 2.24) is 0 Å². The van der Waals surface area contributed by atoms with Crippen LogP contribution >= 0.6 is 0 Å². The summed E-state index contributed by atoms with van der Waals surface area (Å²) in [6, 6.07) is 5.91. The van der Waals surface area contributed by atoms with Crippen LogP contribution in [0.15, 0.2) is 24.3 Å². The Morgan fingerprint density at radius 1 is 1.26 bits per heavy atom. The van der Waals surface area contributed by atoms with Gasteiger partial charge in [0.25, 0.3) is 0 Å². The third-order valence-corrected chi connectivity index (χ3v) is 3.65. The molecule has 0 saturated heterocycles. The molecule has 0 bridgehead atoms. The van der Waals surface area contributed by atoms with E-state index in [4.69, 9.17) is 10.2 Å². The number of aryl methyl sites for hydroxylation is 1. The fraction of sp³-hybridized carbons (Fsp3) is 0.429. The first-order valence-electron chi connectivity index (χ1n) is 6.19. The molecule has 4 nitrogen and oxygen atoms in total. The highest BCUT2D eigenvalue weighted by atomic mass is 19.1. The normalized spacial score (nSPS) is 22.8. The smallest absolute Gasteiger partial charge is 0.306 e. The monoisotopic (exact) mass is 266 g/mol. The van der Waals surface area contributed by atoms with Crippen LogP contribution in [0.2, 0.25) is 0 Å². The number of carboxylic acids is 2. The van der Waals surface area contributed by atoms with Crippen molar-refractivity contribution in [3.05, 3.63) is 35.6 Å². The number of carbonyl (C=O) groups is 2. The molecular weight excluding hydrogens is 251 g/mol. The Balaban J connectivity index is 1.93. The van der Waals surface area contributed by atoms with E-state index >= 15 is 0 Å². The number of hydrogen-bond acceptors (Lipinski definition) is 2. The van der Waals surface area contributed by atoms with Gasteiger partial charge in [0.15, 0.2) is 0 Å². The highest BCUT2D eigenvalue weighted by molar-refractivity contribution is 5.77. The maximum atomic E-state index is 12.7. The highest BCUT2D eigenvalue weighted by Crippen LogP contribution is 2.46. The van der Waals surface area contributed by atoms with Gasteiger partial charge in [-0.05, 0) is 42.9 Å². The SMILES string of the molecule is O=C(O)C(CCc1ccc(F)cc1)C1CC1C(=O)O. The Morgan fingerprint density at radius 2 is 1.89 bits per heavy atom. The van der Waals surface area contributed by atoms with Crippen LogP contribution in [0.5, 0.6) is 0 Å². The summed E-state index contributed by atoms with van der Waals surface area (Å²) in [7, 11) is 0.